The number of aromatic nitrogens is 3. The Bertz CT molecular complexity index is 1140. The van der Waals surface area contributed by atoms with Crippen molar-refractivity contribution in [2.45, 2.75) is 13.5 Å². The van der Waals surface area contributed by atoms with Crippen molar-refractivity contribution in [2.24, 2.45) is 0 Å². The number of nitrogens with zero attached hydrogens (tertiary/aromatic N) is 3. The van der Waals surface area contributed by atoms with Gasteiger partial charge < -0.3 is 5.32 Å². The number of hydrogen-bond acceptors (Lipinski definition) is 3. The molecule has 1 amide bonds. The van der Waals surface area contributed by atoms with Crippen LogP contribution in [0, 0.1) is 12.7 Å². The maximum Gasteiger partial charge on any atom is 0.251 e. The normalized spacial score (nSPS) is 10.7. The molecule has 0 fully saturated rings. The number of halogens is 1. The summed E-state index contributed by atoms with van der Waals surface area (Å²) in [6, 6.07) is 17.7. The van der Waals surface area contributed by atoms with E-state index in [4.69, 9.17) is 5.10 Å². The van der Waals surface area contributed by atoms with Gasteiger partial charge in [0.25, 0.3) is 5.91 Å². The Kier molecular flexibility index (Phi) is 5.16. The first kappa shape index (κ1) is 18.6. The number of aryl methyl sites for hydroxylation is 1. The van der Waals surface area contributed by atoms with E-state index in [9.17, 15) is 9.18 Å². The Morgan fingerprint density at radius 2 is 1.83 bits per heavy atom. The van der Waals surface area contributed by atoms with Crippen LogP contribution in [-0.4, -0.2) is 20.7 Å². The molecule has 144 valence electrons. The highest BCUT2D eigenvalue weighted by atomic mass is 19.1. The van der Waals surface area contributed by atoms with Gasteiger partial charge in [0.2, 0.25) is 0 Å². The summed E-state index contributed by atoms with van der Waals surface area (Å²) in [6.07, 6.45) is 5.32. The van der Waals surface area contributed by atoms with E-state index in [0.717, 1.165) is 22.5 Å². The van der Waals surface area contributed by atoms with Crippen LogP contribution in [0.15, 0.2) is 79.3 Å². The van der Waals surface area contributed by atoms with Crippen LogP contribution < -0.4 is 5.32 Å². The van der Waals surface area contributed by atoms with Crippen molar-refractivity contribution in [3.8, 4) is 16.9 Å². The highest BCUT2D eigenvalue weighted by molar-refractivity contribution is 5.95. The molecule has 4 aromatic rings. The van der Waals surface area contributed by atoms with Crippen molar-refractivity contribution < 1.29 is 9.18 Å². The summed E-state index contributed by atoms with van der Waals surface area (Å²) in [5.41, 5.74) is 4.52. The van der Waals surface area contributed by atoms with E-state index in [1.807, 2.05) is 48.7 Å². The minimum absolute atomic E-state index is 0.254. The van der Waals surface area contributed by atoms with Crippen LogP contribution in [0.1, 0.15) is 21.5 Å². The largest absolute Gasteiger partial charge is 0.348 e. The topological polar surface area (TPSA) is 59.8 Å². The summed E-state index contributed by atoms with van der Waals surface area (Å²) in [7, 11) is 0. The molecule has 2 heterocycles. The van der Waals surface area contributed by atoms with E-state index >= 15 is 0 Å². The van der Waals surface area contributed by atoms with Crippen molar-refractivity contribution in [3.63, 3.8) is 0 Å². The van der Waals surface area contributed by atoms with Crippen molar-refractivity contribution in [3.05, 3.63) is 102 Å². The molecule has 2 aromatic heterocycles. The summed E-state index contributed by atoms with van der Waals surface area (Å²) in [5, 5.41) is 7.64. The number of hydrogen-bond donors (Lipinski definition) is 1. The quantitative estimate of drug-likeness (QED) is 0.556. The lowest BCUT2D eigenvalue weighted by atomic mass is 10.1. The number of benzene rings is 2. The third-order valence-electron chi connectivity index (χ3n) is 4.64. The first-order valence-electron chi connectivity index (χ1n) is 9.20. The van der Waals surface area contributed by atoms with Gasteiger partial charge in [0.15, 0.2) is 0 Å². The lowest BCUT2D eigenvalue weighted by Crippen LogP contribution is -2.23. The van der Waals surface area contributed by atoms with Gasteiger partial charge in [-0.3, -0.25) is 9.78 Å². The van der Waals surface area contributed by atoms with Crippen LogP contribution >= 0.6 is 0 Å². The summed E-state index contributed by atoms with van der Waals surface area (Å²) in [6.45, 7) is 2.01. The first-order chi connectivity index (χ1) is 14.1. The monoisotopic (exact) mass is 386 g/mol. The average molecular weight is 386 g/mol. The molecule has 0 spiro atoms. The Labute approximate surface area is 167 Å². The molecule has 0 saturated carbocycles. The molecule has 0 atom stereocenters. The molecular formula is C23H19FN4O. The van der Waals surface area contributed by atoms with E-state index in [0.29, 0.717) is 17.7 Å². The van der Waals surface area contributed by atoms with Crippen molar-refractivity contribution in [1.29, 1.82) is 0 Å². The van der Waals surface area contributed by atoms with Crippen LogP contribution in [0.2, 0.25) is 0 Å². The Morgan fingerprint density at radius 1 is 1.07 bits per heavy atom. The van der Waals surface area contributed by atoms with Crippen LogP contribution in [0.4, 0.5) is 4.39 Å². The number of rotatable bonds is 5. The smallest absolute Gasteiger partial charge is 0.251 e. The molecule has 1 N–H and O–H groups in total. The molecule has 0 aliphatic carbocycles. The molecule has 6 heteroatoms. The Hall–Kier alpha value is -3.80. The zero-order valence-corrected chi connectivity index (χ0v) is 15.8. The minimum atomic E-state index is -0.358. The van der Waals surface area contributed by atoms with Crippen molar-refractivity contribution >= 4 is 5.91 Å². The van der Waals surface area contributed by atoms with E-state index in [2.05, 4.69) is 10.3 Å². The zero-order chi connectivity index (χ0) is 20.2. The SMILES string of the molecule is Cc1cc(F)ccc1C(=O)NCc1cn(-c2ccccc2)nc1-c1ccncc1. The highest BCUT2D eigenvalue weighted by Crippen LogP contribution is 2.23. The fraction of sp³-hybridized carbons (Fsp3) is 0.0870. The molecule has 2 aromatic carbocycles. The van der Waals surface area contributed by atoms with Crippen LogP contribution in [-0.2, 0) is 6.54 Å². The number of nitrogens with one attached hydrogen (secondary N) is 1. The molecule has 0 radical (unpaired) electrons. The number of carbonyl (C=O) groups is 1. The van der Waals surface area contributed by atoms with Crippen LogP contribution in [0.5, 0.6) is 0 Å². The Morgan fingerprint density at radius 3 is 2.55 bits per heavy atom. The van der Waals surface area contributed by atoms with Crippen molar-refractivity contribution in [1.82, 2.24) is 20.1 Å². The van der Waals surface area contributed by atoms with E-state index in [1.54, 1.807) is 24.0 Å². The summed E-state index contributed by atoms with van der Waals surface area (Å²) < 4.78 is 15.1. The Balaban J connectivity index is 1.63. The maximum atomic E-state index is 13.3. The third-order valence-corrected chi connectivity index (χ3v) is 4.64. The lowest BCUT2D eigenvalue weighted by Gasteiger charge is -2.08. The van der Waals surface area contributed by atoms with Gasteiger partial charge in [-0.15, -0.1) is 0 Å². The predicted molar refractivity (Wildman–Crippen MR) is 109 cm³/mol. The van der Waals surface area contributed by atoms with Crippen LogP contribution in [0.3, 0.4) is 0 Å². The average Bonchev–Trinajstić information content (AvgIpc) is 3.18. The summed E-state index contributed by atoms with van der Waals surface area (Å²) >= 11 is 0. The number of carbonyl (C=O) groups excluding carboxylic acids is 1. The van der Waals surface area contributed by atoms with Gasteiger partial charge in [-0.1, -0.05) is 18.2 Å². The molecule has 4 rings (SSSR count). The zero-order valence-electron chi connectivity index (χ0n) is 15.8. The van der Waals surface area contributed by atoms with E-state index in [1.165, 1.54) is 18.2 Å². The van der Waals surface area contributed by atoms with Gasteiger partial charge in [0.05, 0.1) is 11.4 Å². The molecule has 0 bridgehead atoms. The van der Waals surface area contributed by atoms with Crippen molar-refractivity contribution in [2.75, 3.05) is 0 Å². The molecule has 0 aliphatic rings. The lowest BCUT2D eigenvalue weighted by molar-refractivity contribution is 0.0950. The van der Waals surface area contributed by atoms with Crippen LogP contribution in [0.25, 0.3) is 16.9 Å². The van der Waals surface area contributed by atoms with Gasteiger partial charge in [-0.2, -0.15) is 5.10 Å². The van der Waals surface area contributed by atoms with E-state index in [-0.39, 0.29) is 11.7 Å². The number of amides is 1. The second-order valence-corrected chi connectivity index (χ2v) is 6.66. The van der Waals surface area contributed by atoms with Gasteiger partial charge in [-0.05, 0) is 55.0 Å². The molecule has 0 unspecified atom stereocenters. The predicted octanol–water partition coefficient (Wildman–Crippen LogP) is 4.31. The molecule has 5 nitrogen and oxygen atoms in total. The fourth-order valence-electron chi connectivity index (χ4n) is 3.16. The maximum absolute atomic E-state index is 13.3. The molecule has 0 saturated heterocycles. The highest BCUT2D eigenvalue weighted by Gasteiger charge is 2.15. The van der Waals surface area contributed by atoms with Gasteiger partial charge in [0, 0.05) is 41.8 Å². The second kappa shape index (κ2) is 8.06. The van der Waals surface area contributed by atoms with Gasteiger partial charge in [0.1, 0.15) is 5.82 Å². The number of pyridine rings is 1. The third kappa shape index (κ3) is 4.06. The first-order valence-corrected chi connectivity index (χ1v) is 9.20. The summed E-state index contributed by atoms with van der Waals surface area (Å²) in [4.78, 5) is 16.7. The fourth-order valence-corrected chi connectivity index (χ4v) is 3.16. The standard InChI is InChI=1S/C23H19FN4O/c1-16-13-19(24)7-8-21(16)23(29)26-14-18-15-28(20-5-3-2-4-6-20)27-22(18)17-9-11-25-12-10-17/h2-13,15H,14H2,1H3,(H,26,29). The second-order valence-electron chi connectivity index (χ2n) is 6.66. The molecule has 29 heavy (non-hydrogen) atoms. The minimum Gasteiger partial charge on any atom is -0.348 e. The molecule has 0 aliphatic heterocycles. The number of para-hydroxylation sites is 1. The van der Waals surface area contributed by atoms with Gasteiger partial charge >= 0.3 is 0 Å². The van der Waals surface area contributed by atoms with Gasteiger partial charge in [-0.25, -0.2) is 9.07 Å². The molecular weight excluding hydrogens is 367 g/mol. The summed E-state index contributed by atoms with van der Waals surface area (Å²) in [5.74, 6) is -0.612. The van der Waals surface area contributed by atoms with E-state index < -0.39 is 0 Å².